The average Bonchev–Trinajstić information content (AvgIpc) is 2.69. The number of benzene rings is 3. The molecule has 0 aromatic heterocycles. The van der Waals surface area contributed by atoms with Gasteiger partial charge in [0.25, 0.3) is 5.91 Å². The second-order valence-corrected chi connectivity index (χ2v) is 6.47. The molecule has 4 nitrogen and oxygen atoms in total. The Morgan fingerprint density at radius 3 is 2.44 bits per heavy atom. The van der Waals surface area contributed by atoms with Gasteiger partial charge in [-0.15, -0.1) is 0 Å². The lowest BCUT2D eigenvalue weighted by atomic mass is 10.2. The lowest BCUT2D eigenvalue weighted by Crippen LogP contribution is -2.17. The summed E-state index contributed by atoms with van der Waals surface area (Å²) in [4.78, 5) is 12.1. The van der Waals surface area contributed by atoms with E-state index in [0.29, 0.717) is 28.0 Å². The molecule has 0 atom stereocenters. The SMILES string of the molecule is O=C(NN=Cc1ccccc1OCc1ccccc1Cl)c1ccc(Cl)cc1. The topological polar surface area (TPSA) is 50.7 Å². The quantitative estimate of drug-likeness (QED) is 0.450. The molecule has 3 aromatic rings. The van der Waals surface area contributed by atoms with Crippen LogP contribution in [0.2, 0.25) is 10.0 Å². The molecule has 1 N–H and O–H groups in total. The van der Waals surface area contributed by atoms with Crippen LogP contribution < -0.4 is 10.2 Å². The van der Waals surface area contributed by atoms with Crippen LogP contribution in [0.25, 0.3) is 0 Å². The van der Waals surface area contributed by atoms with Crippen molar-refractivity contribution in [1.29, 1.82) is 0 Å². The largest absolute Gasteiger partial charge is 0.488 e. The molecule has 0 fully saturated rings. The number of hydrogen-bond donors (Lipinski definition) is 1. The normalized spacial score (nSPS) is 10.7. The highest BCUT2D eigenvalue weighted by Crippen LogP contribution is 2.21. The number of halogens is 2. The number of ether oxygens (including phenoxy) is 1. The fourth-order valence-corrected chi connectivity index (χ4v) is 2.63. The van der Waals surface area contributed by atoms with E-state index in [-0.39, 0.29) is 5.91 Å². The molecule has 0 saturated carbocycles. The van der Waals surface area contributed by atoms with Crippen molar-refractivity contribution in [2.45, 2.75) is 6.61 Å². The van der Waals surface area contributed by atoms with Gasteiger partial charge in [-0.3, -0.25) is 4.79 Å². The number of hydrazone groups is 1. The summed E-state index contributed by atoms with van der Waals surface area (Å²) < 4.78 is 5.86. The second-order valence-electron chi connectivity index (χ2n) is 5.62. The molecule has 27 heavy (non-hydrogen) atoms. The minimum atomic E-state index is -0.322. The van der Waals surface area contributed by atoms with E-state index in [1.165, 1.54) is 6.21 Å². The van der Waals surface area contributed by atoms with E-state index in [9.17, 15) is 4.79 Å². The molecule has 0 aliphatic heterocycles. The molecule has 0 spiro atoms. The number of amides is 1. The Kier molecular flexibility index (Phi) is 6.47. The Morgan fingerprint density at radius 1 is 0.963 bits per heavy atom. The molecule has 1 amide bonds. The molecule has 6 heteroatoms. The van der Waals surface area contributed by atoms with Gasteiger partial charge in [0.1, 0.15) is 12.4 Å². The van der Waals surface area contributed by atoms with Gasteiger partial charge in [0.2, 0.25) is 0 Å². The van der Waals surface area contributed by atoms with Crippen LogP contribution in [-0.4, -0.2) is 12.1 Å². The Balaban J connectivity index is 1.65. The maximum absolute atomic E-state index is 12.1. The zero-order chi connectivity index (χ0) is 19.1. The molecule has 0 radical (unpaired) electrons. The standard InChI is InChI=1S/C21H16Cl2N2O2/c22-18-11-9-15(10-12-18)21(26)25-24-13-16-5-2-4-8-20(16)27-14-17-6-1-3-7-19(17)23/h1-13H,14H2,(H,25,26). The highest BCUT2D eigenvalue weighted by Gasteiger charge is 2.05. The van der Waals surface area contributed by atoms with Crippen molar-refractivity contribution in [1.82, 2.24) is 5.43 Å². The highest BCUT2D eigenvalue weighted by atomic mass is 35.5. The van der Waals surface area contributed by atoms with Crippen molar-refractivity contribution in [2.75, 3.05) is 0 Å². The van der Waals surface area contributed by atoms with E-state index in [4.69, 9.17) is 27.9 Å². The van der Waals surface area contributed by atoms with Crippen molar-refractivity contribution < 1.29 is 9.53 Å². The summed E-state index contributed by atoms with van der Waals surface area (Å²) in [6.07, 6.45) is 1.54. The van der Waals surface area contributed by atoms with Gasteiger partial charge in [-0.25, -0.2) is 5.43 Å². The first kappa shape index (κ1) is 19.0. The predicted molar refractivity (Wildman–Crippen MR) is 109 cm³/mol. The van der Waals surface area contributed by atoms with E-state index in [1.54, 1.807) is 24.3 Å². The van der Waals surface area contributed by atoms with Crippen molar-refractivity contribution in [2.24, 2.45) is 5.10 Å². The summed E-state index contributed by atoms with van der Waals surface area (Å²) in [5.74, 6) is 0.319. The summed E-state index contributed by atoms with van der Waals surface area (Å²) in [6.45, 7) is 0.335. The number of carbonyl (C=O) groups is 1. The Labute approximate surface area is 167 Å². The molecule has 0 saturated heterocycles. The monoisotopic (exact) mass is 398 g/mol. The lowest BCUT2D eigenvalue weighted by molar-refractivity contribution is 0.0955. The maximum Gasteiger partial charge on any atom is 0.271 e. The van der Waals surface area contributed by atoms with E-state index in [1.807, 2.05) is 48.5 Å². The number of carbonyl (C=O) groups excluding carboxylic acids is 1. The Bertz CT molecular complexity index is 956. The third-order valence-corrected chi connectivity index (χ3v) is 4.36. The number of nitrogens with zero attached hydrogens (tertiary/aromatic N) is 1. The fraction of sp³-hybridized carbons (Fsp3) is 0.0476. The van der Waals surface area contributed by atoms with Gasteiger partial charge in [0, 0.05) is 26.7 Å². The van der Waals surface area contributed by atoms with Gasteiger partial charge in [0.05, 0.1) is 6.21 Å². The Morgan fingerprint density at radius 2 is 1.67 bits per heavy atom. The minimum Gasteiger partial charge on any atom is -0.488 e. The van der Waals surface area contributed by atoms with E-state index >= 15 is 0 Å². The smallest absolute Gasteiger partial charge is 0.271 e. The highest BCUT2D eigenvalue weighted by molar-refractivity contribution is 6.31. The maximum atomic E-state index is 12.1. The number of nitrogens with one attached hydrogen (secondary N) is 1. The first-order valence-electron chi connectivity index (χ1n) is 8.17. The van der Waals surface area contributed by atoms with Crippen LogP contribution >= 0.6 is 23.2 Å². The molecular formula is C21H16Cl2N2O2. The first-order chi connectivity index (χ1) is 13.1. The second kappa shape index (κ2) is 9.21. The van der Waals surface area contributed by atoms with Crippen molar-refractivity contribution in [3.8, 4) is 5.75 Å². The molecule has 136 valence electrons. The number of hydrogen-bond acceptors (Lipinski definition) is 3. The molecule has 0 aliphatic rings. The van der Waals surface area contributed by atoms with Gasteiger partial charge in [0.15, 0.2) is 0 Å². The fourth-order valence-electron chi connectivity index (χ4n) is 2.32. The molecule has 0 heterocycles. The van der Waals surface area contributed by atoms with Crippen molar-refractivity contribution in [3.63, 3.8) is 0 Å². The molecule has 3 aromatic carbocycles. The van der Waals surface area contributed by atoms with Crippen LogP contribution in [-0.2, 0) is 6.61 Å². The third kappa shape index (κ3) is 5.33. The molecular weight excluding hydrogens is 383 g/mol. The summed E-state index contributed by atoms with van der Waals surface area (Å²) in [6, 6.07) is 21.5. The molecule has 0 bridgehead atoms. The molecule has 3 rings (SSSR count). The Hall–Kier alpha value is -2.82. The molecule has 0 aliphatic carbocycles. The zero-order valence-corrected chi connectivity index (χ0v) is 15.7. The first-order valence-corrected chi connectivity index (χ1v) is 8.93. The van der Waals surface area contributed by atoms with Crippen molar-refractivity contribution in [3.05, 3.63) is 99.5 Å². The number of rotatable bonds is 6. The van der Waals surface area contributed by atoms with Gasteiger partial charge in [-0.1, -0.05) is 53.5 Å². The molecule has 0 unspecified atom stereocenters. The predicted octanol–water partition coefficient (Wildman–Crippen LogP) is 5.34. The summed E-state index contributed by atoms with van der Waals surface area (Å²) in [5, 5.41) is 5.23. The lowest BCUT2D eigenvalue weighted by Gasteiger charge is -2.10. The zero-order valence-electron chi connectivity index (χ0n) is 14.2. The van der Waals surface area contributed by atoms with Gasteiger partial charge in [-0.05, 0) is 42.5 Å². The summed E-state index contributed by atoms with van der Waals surface area (Å²) in [7, 11) is 0. The van der Waals surface area contributed by atoms with Crippen LogP contribution in [0.5, 0.6) is 5.75 Å². The third-order valence-electron chi connectivity index (χ3n) is 3.74. The summed E-state index contributed by atoms with van der Waals surface area (Å²) >= 11 is 12.0. The number of para-hydroxylation sites is 1. The van der Waals surface area contributed by atoms with Crippen LogP contribution in [0.15, 0.2) is 77.9 Å². The summed E-state index contributed by atoms with van der Waals surface area (Å²) in [5.41, 5.74) is 4.59. The van der Waals surface area contributed by atoms with Crippen LogP contribution in [0.4, 0.5) is 0 Å². The van der Waals surface area contributed by atoms with E-state index in [0.717, 1.165) is 11.1 Å². The van der Waals surface area contributed by atoms with E-state index in [2.05, 4.69) is 10.5 Å². The van der Waals surface area contributed by atoms with Gasteiger partial charge in [-0.2, -0.15) is 5.10 Å². The van der Waals surface area contributed by atoms with Gasteiger partial charge < -0.3 is 4.74 Å². The average molecular weight is 399 g/mol. The van der Waals surface area contributed by atoms with Gasteiger partial charge >= 0.3 is 0 Å². The minimum absolute atomic E-state index is 0.322. The van der Waals surface area contributed by atoms with Crippen LogP contribution in [0, 0.1) is 0 Å². The van der Waals surface area contributed by atoms with E-state index < -0.39 is 0 Å². The van der Waals surface area contributed by atoms with Crippen molar-refractivity contribution >= 4 is 35.3 Å². The van der Waals surface area contributed by atoms with Crippen LogP contribution in [0.1, 0.15) is 21.5 Å². The van der Waals surface area contributed by atoms with Crippen LogP contribution in [0.3, 0.4) is 0 Å².